The molecule has 1 aromatic heterocycles. The van der Waals surface area contributed by atoms with Gasteiger partial charge in [-0.15, -0.1) is 11.3 Å². The van der Waals surface area contributed by atoms with Crippen molar-refractivity contribution in [1.82, 2.24) is 10.7 Å². The lowest BCUT2D eigenvalue weighted by molar-refractivity contribution is -0.139. The third-order valence-corrected chi connectivity index (χ3v) is 4.54. The van der Waals surface area contributed by atoms with Gasteiger partial charge < -0.3 is 5.32 Å². The summed E-state index contributed by atoms with van der Waals surface area (Å²) in [7, 11) is 0. The zero-order chi connectivity index (χ0) is 17.7. The fourth-order valence-electron chi connectivity index (χ4n) is 1.87. The quantitative estimate of drug-likeness (QED) is 0.496. The summed E-state index contributed by atoms with van der Waals surface area (Å²) >= 11 is 7.44. The molecule has 1 aromatic carbocycles. The molecule has 0 saturated carbocycles. The molecule has 0 unspecified atom stereocenters. The SMILES string of the molecule is C/C(=N/NC(=O)C(=O)NC(C)C)c1ccc(-c2ccc(Cl)cc2)s1. The molecular weight excluding hydrogens is 346 g/mol. The van der Waals surface area contributed by atoms with E-state index < -0.39 is 11.8 Å². The second kappa shape index (κ2) is 8.08. The largest absolute Gasteiger partial charge is 0.346 e. The number of benzene rings is 1. The molecule has 0 bridgehead atoms. The van der Waals surface area contributed by atoms with Crippen LogP contribution >= 0.6 is 22.9 Å². The van der Waals surface area contributed by atoms with Gasteiger partial charge in [-0.25, -0.2) is 5.43 Å². The molecule has 24 heavy (non-hydrogen) atoms. The van der Waals surface area contributed by atoms with Gasteiger partial charge in [-0.2, -0.15) is 5.10 Å². The van der Waals surface area contributed by atoms with Gasteiger partial charge >= 0.3 is 11.8 Å². The van der Waals surface area contributed by atoms with E-state index in [-0.39, 0.29) is 6.04 Å². The van der Waals surface area contributed by atoms with Gasteiger partial charge in [0.2, 0.25) is 0 Å². The van der Waals surface area contributed by atoms with Crippen molar-refractivity contribution in [3.05, 3.63) is 46.3 Å². The molecule has 2 amide bonds. The van der Waals surface area contributed by atoms with Crippen molar-refractivity contribution in [1.29, 1.82) is 0 Å². The van der Waals surface area contributed by atoms with Gasteiger partial charge in [-0.1, -0.05) is 23.7 Å². The molecule has 7 heteroatoms. The number of nitrogens with one attached hydrogen (secondary N) is 2. The molecule has 2 rings (SSSR count). The van der Waals surface area contributed by atoms with Crippen LogP contribution in [0.25, 0.3) is 10.4 Å². The number of hydrazone groups is 1. The number of amides is 2. The molecule has 0 fully saturated rings. The predicted molar refractivity (Wildman–Crippen MR) is 98.4 cm³/mol. The van der Waals surface area contributed by atoms with E-state index in [9.17, 15) is 9.59 Å². The highest BCUT2D eigenvalue weighted by Crippen LogP contribution is 2.29. The molecule has 0 saturated heterocycles. The second-order valence-corrected chi connectivity index (χ2v) is 6.96. The summed E-state index contributed by atoms with van der Waals surface area (Å²) in [6.07, 6.45) is 0. The summed E-state index contributed by atoms with van der Waals surface area (Å²) in [5.41, 5.74) is 3.96. The minimum atomic E-state index is -0.780. The van der Waals surface area contributed by atoms with Gasteiger partial charge in [0.05, 0.1) is 10.6 Å². The Morgan fingerprint density at radius 2 is 1.75 bits per heavy atom. The lowest BCUT2D eigenvalue weighted by Crippen LogP contribution is -2.41. The van der Waals surface area contributed by atoms with Gasteiger partial charge in [0.15, 0.2) is 0 Å². The lowest BCUT2D eigenvalue weighted by atomic mass is 10.2. The van der Waals surface area contributed by atoms with E-state index in [4.69, 9.17) is 11.6 Å². The van der Waals surface area contributed by atoms with E-state index in [0.717, 1.165) is 15.3 Å². The van der Waals surface area contributed by atoms with Crippen molar-refractivity contribution < 1.29 is 9.59 Å². The number of thiophene rings is 1. The summed E-state index contributed by atoms with van der Waals surface area (Å²) in [4.78, 5) is 25.1. The van der Waals surface area contributed by atoms with E-state index >= 15 is 0 Å². The second-order valence-electron chi connectivity index (χ2n) is 5.44. The first-order valence-corrected chi connectivity index (χ1v) is 8.57. The van der Waals surface area contributed by atoms with E-state index in [1.54, 1.807) is 32.1 Å². The fourth-order valence-corrected chi connectivity index (χ4v) is 2.95. The molecule has 0 aliphatic heterocycles. The molecular formula is C17H18ClN3O2S. The first-order valence-electron chi connectivity index (χ1n) is 7.38. The molecule has 0 radical (unpaired) electrons. The van der Waals surface area contributed by atoms with E-state index in [2.05, 4.69) is 15.8 Å². The maximum Gasteiger partial charge on any atom is 0.329 e. The molecule has 1 heterocycles. The van der Waals surface area contributed by atoms with Crippen LogP contribution in [0.4, 0.5) is 0 Å². The Morgan fingerprint density at radius 1 is 1.08 bits per heavy atom. The summed E-state index contributed by atoms with van der Waals surface area (Å²) in [6.45, 7) is 5.34. The normalized spacial score (nSPS) is 11.5. The van der Waals surface area contributed by atoms with Crippen molar-refractivity contribution in [2.24, 2.45) is 5.10 Å². The Hall–Kier alpha value is -2.18. The molecule has 2 aromatic rings. The number of carbonyl (C=O) groups excluding carboxylic acids is 2. The molecule has 2 N–H and O–H groups in total. The predicted octanol–water partition coefficient (Wildman–Crippen LogP) is 3.43. The smallest absolute Gasteiger partial charge is 0.329 e. The van der Waals surface area contributed by atoms with Gasteiger partial charge in [-0.3, -0.25) is 9.59 Å². The standard InChI is InChI=1S/C17H18ClN3O2S/c1-10(2)19-16(22)17(23)21-20-11(3)14-8-9-15(24-14)12-4-6-13(18)7-5-12/h4-10H,1-3H3,(H,19,22)(H,21,23)/b20-11-. The van der Waals surface area contributed by atoms with Gasteiger partial charge in [0.1, 0.15) is 0 Å². The van der Waals surface area contributed by atoms with Crippen molar-refractivity contribution in [3.8, 4) is 10.4 Å². The summed E-state index contributed by atoms with van der Waals surface area (Å²) < 4.78 is 0. The first-order chi connectivity index (χ1) is 11.4. The number of rotatable bonds is 4. The Bertz CT molecular complexity index is 766. The number of hydrogen-bond acceptors (Lipinski definition) is 4. The van der Waals surface area contributed by atoms with Crippen molar-refractivity contribution in [2.45, 2.75) is 26.8 Å². The third-order valence-electron chi connectivity index (χ3n) is 3.04. The van der Waals surface area contributed by atoms with Crippen LogP contribution in [0.1, 0.15) is 25.6 Å². The van der Waals surface area contributed by atoms with Gasteiger partial charge in [0, 0.05) is 15.9 Å². The lowest BCUT2D eigenvalue weighted by Gasteiger charge is -2.06. The molecule has 0 aliphatic carbocycles. The maximum atomic E-state index is 11.6. The highest BCUT2D eigenvalue weighted by Gasteiger charge is 2.14. The van der Waals surface area contributed by atoms with Crippen LogP contribution in [-0.4, -0.2) is 23.6 Å². The summed E-state index contributed by atoms with van der Waals surface area (Å²) in [5.74, 6) is -1.48. The summed E-state index contributed by atoms with van der Waals surface area (Å²) in [6, 6.07) is 11.4. The summed E-state index contributed by atoms with van der Waals surface area (Å²) in [5, 5.41) is 7.19. The molecule has 5 nitrogen and oxygen atoms in total. The third kappa shape index (κ3) is 4.91. The first kappa shape index (κ1) is 18.2. The van der Waals surface area contributed by atoms with Crippen molar-refractivity contribution in [3.63, 3.8) is 0 Å². The van der Waals surface area contributed by atoms with Crippen molar-refractivity contribution >= 4 is 40.5 Å². The topological polar surface area (TPSA) is 70.6 Å². The Labute approximate surface area is 149 Å². The zero-order valence-electron chi connectivity index (χ0n) is 13.6. The van der Waals surface area contributed by atoms with Crippen LogP contribution < -0.4 is 10.7 Å². The Kier molecular flexibility index (Phi) is 6.11. The number of halogens is 1. The van der Waals surface area contributed by atoms with E-state index in [0.29, 0.717) is 10.7 Å². The average Bonchev–Trinajstić information content (AvgIpc) is 3.02. The zero-order valence-corrected chi connectivity index (χ0v) is 15.2. The van der Waals surface area contributed by atoms with Crippen LogP contribution in [0, 0.1) is 0 Å². The van der Waals surface area contributed by atoms with Crippen LogP contribution in [0.3, 0.4) is 0 Å². The van der Waals surface area contributed by atoms with Crippen molar-refractivity contribution in [2.75, 3.05) is 0 Å². The molecule has 0 atom stereocenters. The minimum absolute atomic E-state index is 0.104. The molecule has 0 spiro atoms. The van der Waals surface area contributed by atoms with E-state index in [1.807, 2.05) is 36.4 Å². The van der Waals surface area contributed by atoms with Crippen LogP contribution in [0.2, 0.25) is 5.02 Å². The van der Waals surface area contributed by atoms with Crippen LogP contribution in [-0.2, 0) is 9.59 Å². The highest BCUT2D eigenvalue weighted by molar-refractivity contribution is 7.17. The van der Waals surface area contributed by atoms with Crippen LogP contribution in [0.15, 0.2) is 41.5 Å². The Balaban J connectivity index is 2.05. The van der Waals surface area contributed by atoms with E-state index in [1.165, 1.54) is 0 Å². The average molecular weight is 364 g/mol. The monoisotopic (exact) mass is 363 g/mol. The number of hydrogen-bond donors (Lipinski definition) is 2. The van der Waals surface area contributed by atoms with Crippen LogP contribution in [0.5, 0.6) is 0 Å². The molecule has 126 valence electrons. The maximum absolute atomic E-state index is 11.6. The van der Waals surface area contributed by atoms with Gasteiger partial charge in [0.25, 0.3) is 0 Å². The fraction of sp³-hybridized carbons (Fsp3) is 0.235. The minimum Gasteiger partial charge on any atom is -0.346 e. The van der Waals surface area contributed by atoms with Gasteiger partial charge in [-0.05, 0) is 50.6 Å². The highest BCUT2D eigenvalue weighted by atomic mass is 35.5. The Morgan fingerprint density at radius 3 is 2.38 bits per heavy atom. The molecule has 0 aliphatic rings. The number of carbonyl (C=O) groups is 2. The number of nitrogens with zero attached hydrogens (tertiary/aromatic N) is 1.